The molecule has 0 aliphatic carbocycles. The largest absolute Gasteiger partial charge is 0.480 e. The second kappa shape index (κ2) is 7.11. The maximum Gasteiger partial charge on any atom is 0.410 e. The minimum Gasteiger partial charge on any atom is -0.480 e. The highest BCUT2D eigenvalue weighted by Crippen LogP contribution is 2.37. The van der Waals surface area contributed by atoms with Crippen LogP contribution >= 0.6 is 15.9 Å². The van der Waals surface area contributed by atoms with Crippen LogP contribution < -0.4 is 0 Å². The topological polar surface area (TPSA) is 76.1 Å². The molecule has 0 bridgehead atoms. The molecule has 2 rings (SSSR count). The van der Waals surface area contributed by atoms with Crippen molar-refractivity contribution in [2.45, 2.75) is 38.4 Å². The number of carbonyl (C=O) groups excluding carboxylic acids is 1. The number of aliphatic carboxylic acids is 1. The van der Waals surface area contributed by atoms with Crippen LogP contribution in [0.2, 0.25) is 0 Å². The molecule has 1 aliphatic rings. The number of carbonyl (C=O) groups is 2. The number of rotatable bonds is 4. The molecular weight excluding hydrogens is 378 g/mol. The Morgan fingerprint density at radius 2 is 1.92 bits per heavy atom. The molecule has 1 amide bonds. The van der Waals surface area contributed by atoms with Crippen LogP contribution in [-0.2, 0) is 19.9 Å². The lowest BCUT2D eigenvalue weighted by Crippen LogP contribution is -2.40. The average molecular weight is 400 g/mol. The van der Waals surface area contributed by atoms with Gasteiger partial charge >= 0.3 is 12.1 Å². The van der Waals surface area contributed by atoms with E-state index >= 15 is 0 Å². The predicted molar refractivity (Wildman–Crippen MR) is 91.8 cm³/mol. The summed E-state index contributed by atoms with van der Waals surface area (Å²) in [6.07, 6.45) is 0.0987. The maximum atomic E-state index is 12.3. The fourth-order valence-electron chi connectivity index (χ4n) is 2.65. The first-order chi connectivity index (χ1) is 11.1. The van der Waals surface area contributed by atoms with Gasteiger partial charge in [0.15, 0.2) is 0 Å². The van der Waals surface area contributed by atoms with Crippen molar-refractivity contribution in [1.82, 2.24) is 4.90 Å². The molecule has 1 atom stereocenters. The normalized spacial score (nSPS) is 20.9. The zero-order valence-corrected chi connectivity index (χ0v) is 15.6. The third kappa shape index (κ3) is 4.70. The summed E-state index contributed by atoms with van der Waals surface area (Å²) in [7, 11) is 0. The van der Waals surface area contributed by atoms with E-state index in [-0.39, 0.29) is 6.54 Å². The molecule has 1 N–H and O–H groups in total. The van der Waals surface area contributed by atoms with Crippen molar-refractivity contribution in [3.05, 3.63) is 34.3 Å². The minimum absolute atomic E-state index is 0.261. The van der Waals surface area contributed by atoms with Gasteiger partial charge in [0.2, 0.25) is 0 Å². The second-order valence-corrected chi connectivity index (χ2v) is 7.75. The molecule has 0 radical (unpaired) electrons. The molecule has 0 saturated carbocycles. The lowest BCUT2D eigenvalue weighted by molar-refractivity contribution is -0.149. The lowest BCUT2D eigenvalue weighted by atomic mass is 9.92. The summed E-state index contributed by atoms with van der Waals surface area (Å²) in [6, 6.07) is 7.50. The Hall–Kier alpha value is -1.60. The number of amides is 1. The number of hydrogen-bond donors (Lipinski definition) is 1. The first-order valence-corrected chi connectivity index (χ1v) is 8.50. The van der Waals surface area contributed by atoms with Crippen LogP contribution in [0, 0.1) is 0 Å². The van der Waals surface area contributed by atoms with Crippen molar-refractivity contribution >= 4 is 28.0 Å². The van der Waals surface area contributed by atoms with Gasteiger partial charge in [0.1, 0.15) is 17.8 Å². The smallest absolute Gasteiger partial charge is 0.410 e. The van der Waals surface area contributed by atoms with Gasteiger partial charge in [-0.25, -0.2) is 9.59 Å². The van der Waals surface area contributed by atoms with E-state index < -0.39 is 29.9 Å². The molecule has 1 aliphatic heterocycles. The zero-order chi connectivity index (χ0) is 18.0. The quantitative estimate of drug-likeness (QED) is 0.839. The van der Waals surface area contributed by atoms with E-state index in [2.05, 4.69) is 15.9 Å². The minimum atomic E-state index is -1.04. The summed E-state index contributed by atoms with van der Waals surface area (Å²) >= 11 is 3.38. The molecule has 6 nitrogen and oxygen atoms in total. The number of halogens is 1. The first-order valence-electron chi connectivity index (χ1n) is 7.71. The number of carboxylic acids is 1. The van der Waals surface area contributed by atoms with Gasteiger partial charge in [-0.3, -0.25) is 0 Å². The van der Waals surface area contributed by atoms with E-state index in [9.17, 15) is 9.59 Å². The second-order valence-electron chi connectivity index (χ2n) is 6.84. The van der Waals surface area contributed by atoms with Crippen molar-refractivity contribution in [1.29, 1.82) is 0 Å². The lowest BCUT2D eigenvalue weighted by Gasteiger charge is -2.30. The van der Waals surface area contributed by atoms with Crippen LogP contribution in [0.5, 0.6) is 0 Å². The number of likely N-dealkylation sites (tertiary alicyclic amines) is 1. The van der Waals surface area contributed by atoms with Gasteiger partial charge in [-0.1, -0.05) is 28.1 Å². The Morgan fingerprint density at radius 1 is 1.29 bits per heavy atom. The van der Waals surface area contributed by atoms with Crippen molar-refractivity contribution in [3.8, 4) is 0 Å². The molecule has 1 unspecified atom stereocenters. The number of benzene rings is 1. The molecular formula is C17H22BrNO5. The van der Waals surface area contributed by atoms with Crippen LogP contribution in [0.25, 0.3) is 0 Å². The summed E-state index contributed by atoms with van der Waals surface area (Å²) in [4.78, 5) is 24.8. The Labute approximate surface area is 149 Å². The predicted octanol–water partition coefficient (Wildman–Crippen LogP) is 3.39. The number of ether oxygens (including phenoxy) is 2. The van der Waals surface area contributed by atoms with Crippen LogP contribution in [-0.4, -0.2) is 47.4 Å². The van der Waals surface area contributed by atoms with E-state index in [0.29, 0.717) is 13.0 Å². The van der Waals surface area contributed by atoms with Crippen LogP contribution in [0.1, 0.15) is 32.8 Å². The summed E-state index contributed by atoms with van der Waals surface area (Å²) in [5, 5.41) is 8.97. The van der Waals surface area contributed by atoms with Crippen molar-refractivity contribution in [3.63, 3.8) is 0 Å². The molecule has 132 valence electrons. The number of carboxylic acid groups (broad SMARTS) is 1. The molecule has 1 heterocycles. The SMILES string of the molecule is CC(C)(C)OC(=O)N1CCC(OCC(=O)O)(c2ccc(Br)cc2)C1. The van der Waals surface area contributed by atoms with Gasteiger partial charge < -0.3 is 19.5 Å². The van der Waals surface area contributed by atoms with Crippen LogP contribution in [0.3, 0.4) is 0 Å². The van der Waals surface area contributed by atoms with E-state index in [0.717, 1.165) is 10.0 Å². The molecule has 1 fully saturated rings. The summed E-state index contributed by atoms with van der Waals surface area (Å²) in [5.41, 5.74) is -0.573. The van der Waals surface area contributed by atoms with Crippen molar-refractivity contribution < 1.29 is 24.2 Å². The molecule has 1 aromatic rings. The maximum absolute atomic E-state index is 12.3. The highest BCUT2D eigenvalue weighted by molar-refractivity contribution is 9.10. The van der Waals surface area contributed by atoms with Gasteiger partial charge in [-0.15, -0.1) is 0 Å². The van der Waals surface area contributed by atoms with Crippen LogP contribution in [0.15, 0.2) is 28.7 Å². The molecule has 24 heavy (non-hydrogen) atoms. The third-order valence-corrected chi connectivity index (χ3v) is 4.25. The first kappa shape index (κ1) is 18.7. The number of hydrogen-bond acceptors (Lipinski definition) is 4. The fourth-order valence-corrected chi connectivity index (χ4v) is 2.92. The number of nitrogens with zero attached hydrogens (tertiary/aromatic N) is 1. The Kier molecular flexibility index (Phi) is 5.55. The van der Waals surface area contributed by atoms with Gasteiger partial charge in [0, 0.05) is 17.4 Å². The average Bonchev–Trinajstić information content (AvgIpc) is 2.90. The van der Waals surface area contributed by atoms with Crippen molar-refractivity contribution in [2.75, 3.05) is 19.7 Å². The highest BCUT2D eigenvalue weighted by Gasteiger charge is 2.44. The summed E-state index contributed by atoms with van der Waals surface area (Å²) in [6.45, 7) is 5.72. The van der Waals surface area contributed by atoms with Gasteiger partial charge in [0.25, 0.3) is 0 Å². The van der Waals surface area contributed by atoms with Crippen molar-refractivity contribution in [2.24, 2.45) is 0 Å². The molecule has 0 spiro atoms. The highest BCUT2D eigenvalue weighted by atomic mass is 79.9. The van der Waals surface area contributed by atoms with Gasteiger partial charge in [-0.05, 0) is 38.5 Å². The van der Waals surface area contributed by atoms with Crippen LogP contribution in [0.4, 0.5) is 4.79 Å². The molecule has 0 aromatic heterocycles. The standard InChI is InChI=1S/C17H22BrNO5/c1-16(2,3)24-15(22)19-9-8-17(11-19,23-10-14(20)21)12-4-6-13(18)7-5-12/h4-7H,8-11H2,1-3H3,(H,20,21). The van der Waals surface area contributed by atoms with Gasteiger partial charge in [0.05, 0.1) is 6.54 Å². The molecule has 7 heteroatoms. The van der Waals surface area contributed by atoms with E-state index in [1.807, 2.05) is 45.0 Å². The Balaban J connectivity index is 2.21. The van der Waals surface area contributed by atoms with E-state index in [1.165, 1.54) is 0 Å². The van der Waals surface area contributed by atoms with E-state index in [4.69, 9.17) is 14.6 Å². The van der Waals surface area contributed by atoms with Gasteiger partial charge in [-0.2, -0.15) is 0 Å². The summed E-state index contributed by atoms with van der Waals surface area (Å²) < 4.78 is 12.0. The third-order valence-electron chi connectivity index (χ3n) is 3.73. The monoisotopic (exact) mass is 399 g/mol. The zero-order valence-electron chi connectivity index (χ0n) is 14.0. The Morgan fingerprint density at radius 3 is 2.46 bits per heavy atom. The molecule has 1 saturated heterocycles. The Bertz CT molecular complexity index is 610. The summed E-state index contributed by atoms with van der Waals surface area (Å²) in [5.74, 6) is -1.04. The molecule has 1 aromatic carbocycles. The fraction of sp³-hybridized carbons (Fsp3) is 0.529. The van der Waals surface area contributed by atoms with E-state index in [1.54, 1.807) is 4.90 Å².